The second-order valence-corrected chi connectivity index (χ2v) is 5.80. The molecule has 0 aliphatic rings. The Kier molecular flexibility index (Phi) is 7.18. The lowest BCUT2D eigenvalue weighted by molar-refractivity contribution is -0.133. The average molecular weight is 378 g/mol. The summed E-state index contributed by atoms with van der Waals surface area (Å²) in [6.45, 7) is 1.32. The van der Waals surface area contributed by atoms with E-state index in [1.807, 2.05) is 0 Å². The topological polar surface area (TPSA) is 119 Å². The Labute approximate surface area is 162 Å². The summed E-state index contributed by atoms with van der Waals surface area (Å²) in [6.07, 6.45) is -1.19. The van der Waals surface area contributed by atoms with Crippen molar-refractivity contribution in [2.75, 3.05) is 0 Å². The minimum Gasteiger partial charge on any atom is -0.508 e. The fraction of sp³-hybridized carbons (Fsp3) is 0.143. The number of phenolic OH excluding ortho intramolecular Hbond substituents is 1. The normalized spacial score (nSPS) is 11.7. The van der Waals surface area contributed by atoms with Crippen molar-refractivity contribution in [2.24, 2.45) is 0 Å². The monoisotopic (exact) mass is 378 g/mol. The van der Waals surface area contributed by atoms with Crippen LogP contribution in [0.25, 0.3) is 0 Å². The van der Waals surface area contributed by atoms with Crippen LogP contribution in [0.15, 0.2) is 48.5 Å². The van der Waals surface area contributed by atoms with Gasteiger partial charge in [-0.25, -0.2) is 5.48 Å². The quantitative estimate of drug-likeness (QED) is 0.306. The average Bonchev–Trinajstić information content (AvgIpc) is 2.69. The molecule has 0 spiro atoms. The predicted molar refractivity (Wildman–Crippen MR) is 101 cm³/mol. The highest BCUT2D eigenvalue weighted by Crippen LogP contribution is 2.09. The van der Waals surface area contributed by atoms with Crippen molar-refractivity contribution in [3.05, 3.63) is 65.2 Å². The third kappa shape index (κ3) is 5.89. The van der Waals surface area contributed by atoms with E-state index in [-0.39, 0.29) is 11.3 Å². The molecule has 0 aliphatic heterocycles. The number of hydrogen-bond acceptors (Lipinski definition) is 5. The first kappa shape index (κ1) is 20.5. The molecule has 2 atom stereocenters. The fourth-order valence-electron chi connectivity index (χ4n) is 2.19. The van der Waals surface area contributed by atoms with Crippen molar-refractivity contribution in [3.63, 3.8) is 0 Å². The minimum absolute atomic E-state index is 0.128. The van der Waals surface area contributed by atoms with Crippen molar-refractivity contribution in [2.45, 2.75) is 19.1 Å². The molecule has 2 aromatic carbocycles. The maximum Gasteiger partial charge on any atom is 0.268 e. The zero-order valence-electron chi connectivity index (χ0n) is 14.9. The van der Waals surface area contributed by atoms with E-state index in [4.69, 9.17) is 5.21 Å². The molecule has 5 N–H and O–H groups in total. The second kappa shape index (κ2) is 9.79. The number of carbonyl (C=O) groups excluding carboxylic acids is 2. The van der Waals surface area contributed by atoms with Crippen molar-refractivity contribution in [3.8, 4) is 29.4 Å². The van der Waals surface area contributed by atoms with Gasteiger partial charge in [0.25, 0.3) is 11.8 Å². The highest BCUT2D eigenvalue weighted by Gasteiger charge is 2.25. The predicted octanol–water partition coefficient (Wildman–Crippen LogP) is 0.780. The van der Waals surface area contributed by atoms with Crippen LogP contribution in [0.3, 0.4) is 0 Å². The van der Waals surface area contributed by atoms with Crippen LogP contribution >= 0.6 is 0 Å². The van der Waals surface area contributed by atoms with E-state index in [1.165, 1.54) is 30.6 Å². The van der Waals surface area contributed by atoms with Gasteiger partial charge < -0.3 is 15.5 Å². The number of carbonyl (C=O) groups is 2. The second-order valence-electron chi connectivity index (χ2n) is 5.80. The maximum atomic E-state index is 12.2. The van der Waals surface area contributed by atoms with Gasteiger partial charge >= 0.3 is 0 Å². The smallest absolute Gasteiger partial charge is 0.268 e. The van der Waals surface area contributed by atoms with Gasteiger partial charge in [-0.15, -0.1) is 0 Å². The molecule has 142 valence electrons. The van der Waals surface area contributed by atoms with Crippen LogP contribution in [-0.4, -0.2) is 39.4 Å². The Bertz CT molecular complexity index is 976. The molecule has 7 nitrogen and oxygen atoms in total. The van der Waals surface area contributed by atoms with Gasteiger partial charge in [-0.3, -0.25) is 14.8 Å². The van der Waals surface area contributed by atoms with E-state index >= 15 is 0 Å². The molecular weight excluding hydrogens is 360 g/mol. The molecule has 0 fully saturated rings. The van der Waals surface area contributed by atoms with Crippen LogP contribution in [0.4, 0.5) is 0 Å². The number of amides is 2. The molecule has 0 aromatic heterocycles. The molecule has 2 aromatic rings. The Morgan fingerprint density at radius 1 is 1.00 bits per heavy atom. The van der Waals surface area contributed by atoms with Crippen LogP contribution in [0.2, 0.25) is 0 Å². The largest absolute Gasteiger partial charge is 0.508 e. The zero-order chi connectivity index (χ0) is 20.5. The van der Waals surface area contributed by atoms with Crippen molar-refractivity contribution in [1.29, 1.82) is 0 Å². The molecule has 0 aliphatic carbocycles. The molecule has 0 heterocycles. The lowest BCUT2D eigenvalue weighted by Gasteiger charge is -2.19. The van der Waals surface area contributed by atoms with Gasteiger partial charge in [-0.2, -0.15) is 0 Å². The molecule has 7 heteroatoms. The van der Waals surface area contributed by atoms with E-state index in [0.29, 0.717) is 11.1 Å². The number of aliphatic hydroxyl groups excluding tert-OH is 1. The van der Waals surface area contributed by atoms with E-state index in [0.717, 1.165) is 0 Å². The Hall–Kier alpha value is -3.78. The van der Waals surface area contributed by atoms with E-state index in [9.17, 15) is 19.8 Å². The molecule has 0 bridgehead atoms. The molecule has 2 rings (SSSR count). The fourth-order valence-corrected chi connectivity index (χ4v) is 2.19. The van der Waals surface area contributed by atoms with Crippen LogP contribution in [0.1, 0.15) is 28.4 Å². The molecule has 2 amide bonds. The third-order valence-corrected chi connectivity index (χ3v) is 3.63. The van der Waals surface area contributed by atoms with Gasteiger partial charge in [-0.05, 0) is 61.2 Å². The highest BCUT2D eigenvalue weighted by molar-refractivity contribution is 5.97. The Morgan fingerprint density at radius 3 is 2.21 bits per heavy atom. The lowest BCUT2D eigenvalue weighted by atomic mass is 10.1. The number of rotatable bonds is 4. The van der Waals surface area contributed by atoms with Crippen molar-refractivity contribution < 1.29 is 25.0 Å². The number of benzene rings is 2. The number of aliphatic hydroxyl groups is 1. The number of aromatic hydroxyl groups is 1. The van der Waals surface area contributed by atoms with Crippen LogP contribution in [-0.2, 0) is 4.79 Å². The van der Waals surface area contributed by atoms with Crippen LogP contribution < -0.4 is 10.8 Å². The first-order valence-corrected chi connectivity index (χ1v) is 8.24. The van der Waals surface area contributed by atoms with Crippen LogP contribution in [0, 0.1) is 23.7 Å². The molecule has 0 saturated heterocycles. The van der Waals surface area contributed by atoms with Crippen molar-refractivity contribution in [1.82, 2.24) is 10.8 Å². The number of hydroxylamine groups is 1. The molecule has 0 unspecified atom stereocenters. The minimum atomic E-state index is -1.29. The number of nitrogens with one attached hydrogen (secondary N) is 2. The van der Waals surface area contributed by atoms with Gasteiger partial charge in [0.15, 0.2) is 0 Å². The standard InChI is InChI=1S/C21H18N2O5/c1-14(24)19(21(27)23-28)22-20(26)17-11-9-15(10-12-17)5-2-3-6-16-7-4-8-18(25)13-16/h4,7-14,19,24-25,28H,1H3,(H,22,26)(H,23,27)/t14-,19+/m1/s1. The summed E-state index contributed by atoms with van der Waals surface area (Å²) in [5, 5.41) is 29.9. The summed E-state index contributed by atoms with van der Waals surface area (Å²) in [5.41, 5.74) is 2.92. The van der Waals surface area contributed by atoms with Gasteiger partial charge in [-0.1, -0.05) is 17.9 Å². The lowest BCUT2D eigenvalue weighted by Crippen LogP contribution is -2.51. The summed E-state index contributed by atoms with van der Waals surface area (Å²) in [4.78, 5) is 23.6. The maximum absolute atomic E-state index is 12.2. The van der Waals surface area contributed by atoms with Crippen molar-refractivity contribution >= 4 is 11.8 Å². The number of hydrogen-bond donors (Lipinski definition) is 5. The Balaban J connectivity index is 2.04. The molecule has 0 saturated carbocycles. The number of phenols is 1. The van der Waals surface area contributed by atoms with E-state index in [1.54, 1.807) is 30.3 Å². The van der Waals surface area contributed by atoms with Gasteiger partial charge in [0, 0.05) is 16.7 Å². The summed E-state index contributed by atoms with van der Waals surface area (Å²) in [6, 6.07) is 11.5. The molecule has 28 heavy (non-hydrogen) atoms. The highest BCUT2D eigenvalue weighted by atomic mass is 16.5. The van der Waals surface area contributed by atoms with E-state index in [2.05, 4.69) is 29.0 Å². The molecule has 0 radical (unpaired) electrons. The summed E-state index contributed by atoms with van der Waals surface area (Å²) >= 11 is 0. The summed E-state index contributed by atoms with van der Waals surface area (Å²) in [7, 11) is 0. The van der Waals surface area contributed by atoms with Crippen LogP contribution in [0.5, 0.6) is 5.75 Å². The molecular formula is C21H18N2O5. The SMILES string of the molecule is C[C@@H](O)[C@H](NC(=O)c1ccc(C#CC#Cc2cccc(O)c2)cc1)C(=O)NO. The van der Waals surface area contributed by atoms with E-state index < -0.39 is 24.0 Å². The zero-order valence-corrected chi connectivity index (χ0v) is 14.9. The summed E-state index contributed by atoms with van der Waals surface area (Å²) < 4.78 is 0. The first-order chi connectivity index (χ1) is 13.4. The summed E-state index contributed by atoms with van der Waals surface area (Å²) in [5.74, 6) is 9.61. The van der Waals surface area contributed by atoms with Gasteiger partial charge in [0.1, 0.15) is 11.8 Å². The van der Waals surface area contributed by atoms with Gasteiger partial charge in [0.05, 0.1) is 6.10 Å². The third-order valence-electron chi connectivity index (χ3n) is 3.63. The Morgan fingerprint density at radius 2 is 1.64 bits per heavy atom. The van der Waals surface area contributed by atoms with Gasteiger partial charge in [0.2, 0.25) is 0 Å². The first-order valence-electron chi connectivity index (χ1n) is 8.24.